The van der Waals surface area contributed by atoms with Crippen molar-refractivity contribution in [3.63, 3.8) is 0 Å². The number of carbonyl (C=O) groups excluding carboxylic acids is 1. The number of benzene rings is 2. The number of nitrogens with zero attached hydrogens (tertiary/aromatic N) is 3. The van der Waals surface area contributed by atoms with Crippen LogP contribution in [0.25, 0.3) is 15.9 Å². The third kappa shape index (κ3) is 2.32. The first kappa shape index (κ1) is 14.0. The molecule has 0 fully saturated rings. The van der Waals surface area contributed by atoms with E-state index in [9.17, 15) is 9.59 Å². The van der Waals surface area contributed by atoms with Gasteiger partial charge in [-0.05, 0) is 36.4 Å². The van der Waals surface area contributed by atoms with Gasteiger partial charge in [0.05, 0.1) is 10.9 Å². The molecule has 0 spiro atoms. The first-order valence-corrected chi connectivity index (χ1v) is 7.92. The van der Waals surface area contributed by atoms with E-state index in [1.165, 1.54) is 4.52 Å². The predicted octanol–water partition coefficient (Wildman–Crippen LogP) is 3.19. The first-order valence-electron chi connectivity index (χ1n) is 6.72. The van der Waals surface area contributed by atoms with Crippen LogP contribution in [-0.2, 0) is 0 Å². The Hall–Kier alpha value is -2.57. The molecule has 0 atom stereocenters. The Kier molecular flexibility index (Phi) is 3.21. The molecule has 0 amide bonds. The van der Waals surface area contributed by atoms with E-state index < -0.39 is 0 Å². The number of carbonyl (C=O) groups is 1. The molecule has 0 unspecified atom stereocenters. The largest absolute Gasteiger partial charge is 0.286 e. The van der Waals surface area contributed by atoms with E-state index in [-0.39, 0.29) is 16.4 Å². The molecule has 0 aliphatic heterocycles. The molecule has 7 heteroatoms. The van der Waals surface area contributed by atoms with Crippen LogP contribution < -0.4 is 5.56 Å². The maximum atomic E-state index is 12.5. The lowest BCUT2D eigenvalue weighted by atomic mass is 10.1. The summed E-state index contributed by atoms with van der Waals surface area (Å²) >= 11 is 6.93. The third-order valence-electron chi connectivity index (χ3n) is 3.42. The Morgan fingerprint density at radius 2 is 1.83 bits per heavy atom. The molecule has 2 aromatic heterocycles. The molecule has 0 aliphatic carbocycles. The van der Waals surface area contributed by atoms with Crippen molar-refractivity contribution in [2.45, 2.75) is 0 Å². The molecule has 0 saturated heterocycles. The number of hydrogen-bond donors (Lipinski definition) is 0. The monoisotopic (exact) mass is 341 g/mol. The van der Waals surface area contributed by atoms with Crippen LogP contribution in [0.2, 0.25) is 5.02 Å². The highest BCUT2D eigenvalue weighted by molar-refractivity contribution is 7.18. The Morgan fingerprint density at radius 3 is 2.61 bits per heavy atom. The lowest BCUT2D eigenvalue weighted by Gasteiger charge is -1.98. The summed E-state index contributed by atoms with van der Waals surface area (Å²) < 4.78 is 1.53. The molecule has 4 aromatic rings. The van der Waals surface area contributed by atoms with Gasteiger partial charge in [0.1, 0.15) is 0 Å². The standard InChI is InChI=1S/C16H8ClN3O2S/c17-10-7-5-9(6-8-10)13(21)15-19-20-12-4-2-1-3-11(12)14(22)18-16(20)23-15/h1-8H. The summed E-state index contributed by atoms with van der Waals surface area (Å²) in [7, 11) is 0. The predicted molar refractivity (Wildman–Crippen MR) is 89.5 cm³/mol. The molecule has 5 nitrogen and oxygen atoms in total. The van der Waals surface area contributed by atoms with Crippen LogP contribution in [0, 0.1) is 0 Å². The molecule has 0 aliphatic rings. The van der Waals surface area contributed by atoms with E-state index in [2.05, 4.69) is 10.1 Å². The molecule has 0 radical (unpaired) electrons. The molecular formula is C16H8ClN3O2S. The molecule has 0 bridgehead atoms. The minimum Gasteiger partial charge on any atom is -0.286 e. The minimum absolute atomic E-state index is 0.228. The molecule has 112 valence electrons. The highest BCUT2D eigenvalue weighted by atomic mass is 35.5. The summed E-state index contributed by atoms with van der Waals surface area (Å²) in [5, 5.41) is 5.64. The highest BCUT2D eigenvalue weighted by Gasteiger charge is 2.17. The molecule has 0 saturated carbocycles. The lowest BCUT2D eigenvalue weighted by Crippen LogP contribution is -2.09. The van der Waals surface area contributed by atoms with E-state index in [0.717, 1.165) is 11.3 Å². The average Bonchev–Trinajstić information content (AvgIpc) is 2.99. The Bertz CT molecular complexity index is 1120. The van der Waals surface area contributed by atoms with Gasteiger partial charge in [-0.25, -0.2) is 4.52 Å². The van der Waals surface area contributed by atoms with Crippen LogP contribution in [0.1, 0.15) is 15.4 Å². The molecule has 2 aromatic carbocycles. The molecule has 0 N–H and O–H groups in total. The first-order chi connectivity index (χ1) is 11.1. The summed E-state index contributed by atoms with van der Waals surface area (Å²) in [6.07, 6.45) is 0. The Balaban J connectivity index is 1.92. The summed E-state index contributed by atoms with van der Waals surface area (Å²) in [6.45, 7) is 0. The zero-order valence-corrected chi connectivity index (χ0v) is 13.1. The van der Waals surface area contributed by atoms with Crippen LogP contribution >= 0.6 is 22.9 Å². The van der Waals surface area contributed by atoms with Crippen molar-refractivity contribution in [2.75, 3.05) is 0 Å². The van der Waals surface area contributed by atoms with Crippen molar-refractivity contribution in [1.82, 2.24) is 14.6 Å². The van der Waals surface area contributed by atoms with Gasteiger partial charge in [-0.15, -0.1) is 0 Å². The number of halogens is 1. The number of hydrogen-bond acceptors (Lipinski definition) is 5. The number of ketones is 1. The smallest absolute Gasteiger partial charge is 0.281 e. The SMILES string of the molecule is O=C(c1ccc(Cl)cc1)c1nn2c(nc(=O)c3ccccc32)s1. The summed E-state index contributed by atoms with van der Waals surface area (Å²) in [6, 6.07) is 13.6. The molecule has 2 heterocycles. The van der Waals surface area contributed by atoms with Gasteiger partial charge in [0.25, 0.3) is 5.56 Å². The Labute approximate surface area is 138 Å². The lowest BCUT2D eigenvalue weighted by molar-refractivity contribution is 0.103. The van der Waals surface area contributed by atoms with Crippen LogP contribution in [0.4, 0.5) is 0 Å². The summed E-state index contributed by atoms with van der Waals surface area (Å²) in [4.78, 5) is 29.0. The second kappa shape index (κ2) is 5.26. The Morgan fingerprint density at radius 1 is 1.09 bits per heavy atom. The van der Waals surface area contributed by atoms with E-state index >= 15 is 0 Å². The van der Waals surface area contributed by atoms with Crippen molar-refractivity contribution >= 4 is 44.6 Å². The van der Waals surface area contributed by atoms with Gasteiger partial charge in [-0.3, -0.25) is 9.59 Å². The fourth-order valence-electron chi connectivity index (χ4n) is 2.31. The maximum Gasteiger partial charge on any atom is 0.281 e. The number of aromatic nitrogens is 3. The second-order valence-electron chi connectivity index (χ2n) is 4.87. The van der Waals surface area contributed by atoms with Crippen molar-refractivity contribution in [3.05, 3.63) is 74.5 Å². The quantitative estimate of drug-likeness (QED) is 0.525. The third-order valence-corrected chi connectivity index (χ3v) is 4.58. The van der Waals surface area contributed by atoms with Gasteiger partial charge >= 0.3 is 0 Å². The van der Waals surface area contributed by atoms with Crippen LogP contribution in [0.15, 0.2) is 53.3 Å². The van der Waals surface area contributed by atoms with Crippen LogP contribution in [0.5, 0.6) is 0 Å². The van der Waals surface area contributed by atoms with E-state index in [1.807, 2.05) is 6.07 Å². The van der Waals surface area contributed by atoms with Crippen molar-refractivity contribution in [1.29, 1.82) is 0 Å². The van der Waals surface area contributed by atoms with Crippen molar-refractivity contribution in [3.8, 4) is 0 Å². The van der Waals surface area contributed by atoms with Crippen LogP contribution in [0.3, 0.4) is 0 Å². The van der Waals surface area contributed by atoms with Crippen molar-refractivity contribution in [2.24, 2.45) is 0 Å². The highest BCUT2D eigenvalue weighted by Crippen LogP contribution is 2.20. The van der Waals surface area contributed by atoms with Gasteiger partial charge in [-0.2, -0.15) is 10.1 Å². The van der Waals surface area contributed by atoms with Gasteiger partial charge in [0.2, 0.25) is 10.7 Å². The van der Waals surface area contributed by atoms with Gasteiger partial charge in [-0.1, -0.05) is 35.1 Å². The normalized spacial score (nSPS) is 11.2. The molecular weight excluding hydrogens is 334 g/mol. The summed E-state index contributed by atoms with van der Waals surface area (Å²) in [5.74, 6) is -0.228. The van der Waals surface area contributed by atoms with Gasteiger partial charge in [0.15, 0.2) is 5.01 Å². The fraction of sp³-hybridized carbons (Fsp3) is 0. The van der Waals surface area contributed by atoms with Gasteiger partial charge in [0, 0.05) is 10.6 Å². The molecule has 4 rings (SSSR count). The maximum absolute atomic E-state index is 12.5. The molecule has 23 heavy (non-hydrogen) atoms. The zero-order valence-electron chi connectivity index (χ0n) is 11.6. The summed E-state index contributed by atoms with van der Waals surface area (Å²) in [5.41, 5.74) is 0.796. The number of rotatable bonds is 2. The van der Waals surface area contributed by atoms with E-state index in [1.54, 1.807) is 42.5 Å². The topological polar surface area (TPSA) is 64.3 Å². The fourth-order valence-corrected chi connectivity index (χ4v) is 3.30. The average molecular weight is 342 g/mol. The van der Waals surface area contributed by atoms with E-state index in [0.29, 0.717) is 26.4 Å². The second-order valence-corrected chi connectivity index (χ2v) is 6.26. The van der Waals surface area contributed by atoms with Gasteiger partial charge < -0.3 is 0 Å². The van der Waals surface area contributed by atoms with Crippen molar-refractivity contribution < 1.29 is 4.79 Å². The number of para-hydroxylation sites is 1. The zero-order chi connectivity index (χ0) is 16.0. The van der Waals surface area contributed by atoms with E-state index in [4.69, 9.17) is 11.6 Å². The minimum atomic E-state index is -0.324. The van der Waals surface area contributed by atoms with Crippen LogP contribution in [-0.4, -0.2) is 20.4 Å². The number of fused-ring (bicyclic) bond motifs is 3.